The monoisotopic (exact) mass is 286 g/mol. The van der Waals surface area contributed by atoms with Crippen molar-refractivity contribution < 1.29 is 33.6 Å². The Bertz CT molecular complexity index is 454. The molecule has 1 aliphatic carbocycles. The fraction of sp³-hybridized carbons (Fsp3) is 0.692. The van der Waals surface area contributed by atoms with Crippen LogP contribution in [0.2, 0.25) is 0 Å². The number of methoxy groups -OCH3 is 1. The summed E-state index contributed by atoms with van der Waals surface area (Å²) in [7, 11) is 1.21. The minimum Gasteiger partial charge on any atom is -0.466 e. The molecule has 0 aromatic carbocycles. The lowest BCUT2D eigenvalue weighted by atomic mass is 9.89. The predicted octanol–water partition coefficient (Wildman–Crippen LogP) is -0.0879. The van der Waals surface area contributed by atoms with Crippen LogP contribution in [0.3, 0.4) is 0 Å². The molecule has 1 aliphatic heterocycles. The SMILES string of the molecule is COC(=O)C1=C[C@H](O)[C@@H]2OC(C)(C)O[C@@H]2[C@H]1OC(C)=O. The van der Waals surface area contributed by atoms with Crippen molar-refractivity contribution in [1.29, 1.82) is 0 Å². The molecule has 7 heteroatoms. The van der Waals surface area contributed by atoms with Crippen molar-refractivity contribution in [3.8, 4) is 0 Å². The van der Waals surface area contributed by atoms with Crippen LogP contribution in [0.5, 0.6) is 0 Å². The predicted molar refractivity (Wildman–Crippen MR) is 65.5 cm³/mol. The molecule has 112 valence electrons. The van der Waals surface area contributed by atoms with Crippen LogP contribution in [-0.2, 0) is 28.5 Å². The zero-order chi connectivity index (χ0) is 15.1. The topological polar surface area (TPSA) is 91.3 Å². The number of rotatable bonds is 2. The Hall–Kier alpha value is -1.44. The average Bonchev–Trinajstić information content (AvgIpc) is 2.67. The lowest BCUT2D eigenvalue weighted by Crippen LogP contribution is -2.49. The zero-order valence-corrected chi connectivity index (χ0v) is 11.8. The Balaban J connectivity index is 2.36. The van der Waals surface area contributed by atoms with E-state index >= 15 is 0 Å². The standard InChI is InChI=1S/C13H18O7/c1-6(14)18-9-7(12(16)17-4)5-8(15)10-11(9)20-13(2,3)19-10/h5,8-11,15H,1-4H3/t8-,9-,10-,11+/m0/s1. The Kier molecular flexibility index (Phi) is 3.86. The van der Waals surface area contributed by atoms with Crippen LogP contribution in [0.4, 0.5) is 0 Å². The van der Waals surface area contributed by atoms with Crippen LogP contribution in [0.15, 0.2) is 11.6 Å². The molecule has 0 bridgehead atoms. The third-order valence-corrected chi connectivity index (χ3v) is 3.17. The summed E-state index contributed by atoms with van der Waals surface area (Å²) in [5.74, 6) is -2.18. The molecule has 2 rings (SSSR count). The molecule has 0 aromatic rings. The molecule has 0 spiro atoms. The fourth-order valence-corrected chi connectivity index (χ4v) is 2.48. The van der Waals surface area contributed by atoms with E-state index < -0.39 is 42.1 Å². The molecule has 1 N–H and O–H groups in total. The van der Waals surface area contributed by atoms with Crippen molar-refractivity contribution in [3.63, 3.8) is 0 Å². The summed E-state index contributed by atoms with van der Waals surface area (Å²) in [4.78, 5) is 23.0. The molecule has 0 aromatic heterocycles. The van der Waals surface area contributed by atoms with Gasteiger partial charge < -0.3 is 24.1 Å². The minimum absolute atomic E-state index is 0.0535. The molecule has 1 fully saturated rings. The first-order chi connectivity index (χ1) is 9.25. The molecule has 1 heterocycles. The number of ether oxygens (including phenoxy) is 4. The Morgan fingerprint density at radius 3 is 2.45 bits per heavy atom. The van der Waals surface area contributed by atoms with Crippen LogP contribution < -0.4 is 0 Å². The van der Waals surface area contributed by atoms with Crippen molar-refractivity contribution in [2.75, 3.05) is 7.11 Å². The third-order valence-electron chi connectivity index (χ3n) is 3.17. The van der Waals surface area contributed by atoms with Crippen molar-refractivity contribution in [2.24, 2.45) is 0 Å². The molecule has 4 atom stereocenters. The maximum Gasteiger partial charge on any atom is 0.337 e. The van der Waals surface area contributed by atoms with E-state index in [9.17, 15) is 14.7 Å². The number of hydrogen-bond acceptors (Lipinski definition) is 7. The van der Waals surface area contributed by atoms with E-state index in [2.05, 4.69) is 4.74 Å². The highest BCUT2D eigenvalue weighted by molar-refractivity contribution is 5.90. The summed E-state index contributed by atoms with van der Waals surface area (Å²) in [5, 5.41) is 10.0. The van der Waals surface area contributed by atoms with Crippen molar-refractivity contribution in [3.05, 3.63) is 11.6 Å². The van der Waals surface area contributed by atoms with Gasteiger partial charge >= 0.3 is 11.9 Å². The molecule has 20 heavy (non-hydrogen) atoms. The number of carbonyl (C=O) groups excluding carboxylic acids is 2. The Labute approximate surface area is 116 Å². The number of carbonyl (C=O) groups is 2. The van der Waals surface area contributed by atoms with Gasteiger partial charge in [-0.15, -0.1) is 0 Å². The van der Waals surface area contributed by atoms with E-state index in [1.54, 1.807) is 13.8 Å². The first-order valence-corrected chi connectivity index (χ1v) is 6.26. The van der Waals surface area contributed by atoms with E-state index in [1.807, 2.05) is 0 Å². The quantitative estimate of drug-likeness (QED) is 0.709. The second-order valence-electron chi connectivity index (χ2n) is 5.20. The lowest BCUT2D eigenvalue weighted by molar-refractivity contribution is -0.167. The van der Waals surface area contributed by atoms with Gasteiger partial charge in [-0.2, -0.15) is 0 Å². The van der Waals surface area contributed by atoms with E-state index in [1.165, 1.54) is 20.1 Å². The van der Waals surface area contributed by atoms with Gasteiger partial charge in [-0.1, -0.05) is 0 Å². The van der Waals surface area contributed by atoms with Gasteiger partial charge in [0, 0.05) is 6.92 Å². The van der Waals surface area contributed by atoms with E-state index in [0.29, 0.717) is 0 Å². The number of aliphatic hydroxyl groups is 1. The normalized spacial score (nSPS) is 35.0. The smallest absolute Gasteiger partial charge is 0.337 e. The largest absolute Gasteiger partial charge is 0.466 e. The fourth-order valence-electron chi connectivity index (χ4n) is 2.48. The number of fused-ring (bicyclic) bond motifs is 1. The summed E-state index contributed by atoms with van der Waals surface area (Å²) in [6.07, 6.45) is -2.19. The van der Waals surface area contributed by atoms with Gasteiger partial charge in [0.2, 0.25) is 0 Å². The molecule has 0 amide bonds. The number of aliphatic hydroxyl groups excluding tert-OH is 1. The highest BCUT2D eigenvalue weighted by Crippen LogP contribution is 2.38. The summed E-state index contributed by atoms with van der Waals surface area (Å²) in [6, 6.07) is 0. The second kappa shape index (κ2) is 5.16. The first kappa shape index (κ1) is 15.0. The van der Waals surface area contributed by atoms with Crippen molar-refractivity contribution in [1.82, 2.24) is 0 Å². The van der Waals surface area contributed by atoms with Gasteiger partial charge in [-0.05, 0) is 19.9 Å². The van der Waals surface area contributed by atoms with Gasteiger partial charge in [-0.25, -0.2) is 4.79 Å². The van der Waals surface area contributed by atoms with Crippen LogP contribution in [0.25, 0.3) is 0 Å². The third kappa shape index (κ3) is 2.70. The summed E-state index contributed by atoms with van der Waals surface area (Å²) >= 11 is 0. The van der Waals surface area contributed by atoms with Gasteiger partial charge in [0.25, 0.3) is 0 Å². The molecule has 1 saturated heterocycles. The summed E-state index contributed by atoms with van der Waals surface area (Å²) in [5.41, 5.74) is 0.0535. The average molecular weight is 286 g/mol. The molecule has 2 aliphatic rings. The summed E-state index contributed by atoms with van der Waals surface area (Å²) < 4.78 is 21.0. The van der Waals surface area contributed by atoms with Crippen LogP contribution in [0, 0.1) is 0 Å². The van der Waals surface area contributed by atoms with Crippen LogP contribution >= 0.6 is 0 Å². The summed E-state index contributed by atoms with van der Waals surface area (Å²) in [6.45, 7) is 4.59. The zero-order valence-electron chi connectivity index (χ0n) is 11.8. The van der Waals surface area contributed by atoms with E-state index in [4.69, 9.17) is 14.2 Å². The van der Waals surface area contributed by atoms with Crippen molar-refractivity contribution >= 4 is 11.9 Å². The van der Waals surface area contributed by atoms with Gasteiger partial charge in [0.15, 0.2) is 11.9 Å². The highest BCUT2D eigenvalue weighted by atomic mass is 16.8. The van der Waals surface area contributed by atoms with Crippen LogP contribution in [-0.4, -0.2) is 54.4 Å². The maximum absolute atomic E-state index is 11.8. The maximum atomic E-state index is 11.8. The molecular weight excluding hydrogens is 268 g/mol. The first-order valence-electron chi connectivity index (χ1n) is 6.26. The second-order valence-corrected chi connectivity index (χ2v) is 5.20. The Morgan fingerprint density at radius 2 is 1.90 bits per heavy atom. The molecule has 0 saturated carbocycles. The van der Waals surface area contributed by atoms with Crippen molar-refractivity contribution in [2.45, 2.75) is 51.0 Å². The van der Waals surface area contributed by atoms with Crippen LogP contribution in [0.1, 0.15) is 20.8 Å². The minimum atomic E-state index is -1.04. The van der Waals surface area contributed by atoms with E-state index in [0.717, 1.165) is 0 Å². The highest BCUT2D eigenvalue weighted by Gasteiger charge is 2.53. The molecule has 0 unspecified atom stereocenters. The van der Waals surface area contributed by atoms with E-state index in [-0.39, 0.29) is 5.57 Å². The van der Waals surface area contributed by atoms with Gasteiger partial charge in [0.05, 0.1) is 12.7 Å². The lowest BCUT2D eigenvalue weighted by Gasteiger charge is -2.32. The molecule has 7 nitrogen and oxygen atoms in total. The molecular formula is C13H18O7. The number of hydrogen-bond donors (Lipinski definition) is 1. The Morgan fingerprint density at radius 1 is 1.30 bits per heavy atom. The number of esters is 2. The van der Waals surface area contributed by atoms with Gasteiger partial charge in [-0.3, -0.25) is 4.79 Å². The van der Waals surface area contributed by atoms with Gasteiger partial charge in [0.1, 0.15) is 18.3 Å². The molecule has 0 radical (unpaired) electrons.